The van der Waals surface area contributed by atoms with Gasteiger partial charge in [0.15, 0.2) is 0 Å². The number of aliphatic carboxylic acids is 1. The Morgan fingerprint density at radius 3 is 2.00 bits per heavy atom. The molecule has 2 nitrogen and oxygen atoms in total. The van der Waals surface area contributed by atoms with Gasteiger partial charge in [-0.25, -0.2) is 0 Å². The van der Waals surface area contributed by atoms with Crippen LogP contribution in [0.3, 0.4) is 0 Å². The van der Waals surface area contributed by atoms with E-state index in [0.29, 0.717) is 0 Å². The standard InChI is InChI=1S/C14H22O2Si/c1-14(2,13(15)16)12(17(3,4)5)11-9-7-6-8-10-11/h6-10,12H,1-5H3,(H,15,16). The van der Waals surface area contributed by atoms with E-state index >= 15 is 0 Å². The highest BCUT2D eigenvalue weighted by molar-refractivity contribution is 6.77. The van der Waals surface area contributed by atoms with Crippen molar-refractivity contribution in [3.8, 4) is 0 Å². The lowest BCUT2D eigenvalue weighted by molar-refractivity contribution is -0.147. The molecule has 0 aromatic heterocycles. The highest BCUT2D eigenvalue weighted by Gasteiger charge is 2.44. The molecule has 0 aliphatic heterocycles. The Balaban J connectivity index is 3.29. The Morgan fingerprint density at radius 1 is 1.18 bits per heavy atom. The second-order valence-corrected chi connectivity index (χ2v) is 11.5. The van der Waals surface area contributed by atoms with Crippen molar-refractivity contribution in [3.63, 3.8) is 0 Å². The van der Waals surface area contributed by atoms with Crippen molar-refractivity contribution < 1.29 is 9.90 Å². The predicted molar refractivity (Wildman–Crippen MR) is 73.9 cm³/mol. The Morgan fingerprint density at radius 2 is 1.65 bits per heavy atom. The molecule has 1 N–H and O–H groups in total. The molecule has 0 aliphatic rings. The van der Waals surface area contributed by atoms with Gasteiger partial charge < -0.3 is 5.11 Å². The molecule has 3 heteroatoms. The van der Waals surface area contributed by atoms with Crippen LogP contribution in [0.15, 0.2) is 30.3 Å². The van der Waals surface area contributed by atoms with Crippen molar-refractivity contribution in [3.05, 3.63) is 35.9 Å². The SMILES string of the molecule is CC(C)(C(=O)O)C(c1ccccc1)[Si](C)(C)C. The Hall–Kier alpha value is -1.09. The van der Waals surface area contributed by atoms with Crippen LogP contribution in [0.4, 0.5) is 0 Å². The predicted octanol–water partition coefficient (Wildman–Crippen LogP) is 3.76. The quantitative estimate of drug-likeness (QED) is 0.826. The average Bonchev–Trinajstić information content (AvgIpc) is 2.16. The van der Waals surface area contributed by atoms with Gasteiger partial charge in [-0.1, -0.05) is 50.0 Å². The lowest BCUT2D eigenvalue weighted by Gasteiger charge is -2.39. The Bertz CT molecular complexity index is 390. The van der Waals surface area contributed by atoms with E-state index in [1.165, 1.54) is 0 Å². The fourth-order valence-corrected chi connectivity index (χ4v) is 6.25. The third kappa shape index (κ3) is 2.97. The molecule has 1 aromatic rings. The van der Waals surface area contributed by atoms with Gasteiger partial charge in [-0.05, 0) is 25.0 Å². The monoisotopic (exact) mass is 250 g/mol. The zero-order chi connectivity index (χ0) is 13.3. The maximum absolute atomic E-state index is 11.5. The molecular formula is C14H22O2Si. The first-order chi connectivity index (χ1) is 7.67. The van der Waals surface area contributed by atoms with Gasteiger partial charge in [-0.3, -0.25) is 4.79 Å². The number of hydrogen-bond donors (Lipinski definition) is 1. The topological polar surface area (TPSA) is 37.3 Å². The third-order valence-electron chi connectivity index (χ3n) is 3.27. The smallest absolute Gasteiger partial charge is 0.309 e. The van der Waals surface area contributed by atoms with Crippen molar-refractivity contribution in [2.45, 2.75) is 39.0 Å². The molecule has 0 amide bonds. The second kappa shape index (κ2) is 4.65. The molecule has 0 heterocycles. The molecule has 0 radical (unpaired) electrons. The van der Waals surface area contributed by atoms with Gasteiger partial charge in [0, 0.05) is 0 Å². The average molecular weight is 250 g/mol. The molecule has 0 fully saturated rings. The van der Waals surface area contributed by atoms with E-state index in [1.807, 2.05) is 44.2 Å². The molecular weight excluding hydrogens is 228 g/mol. The summed E-state index contributed by atoms with van der Waals surface area (Å²) in [6.45, 7) is 10.4. The molecule has 0 saturated heterocycles. The van der Waals surface area contributed by atoms with Crippen LogP contribution < -0.4 is 0 Å². The van der Waals surface area contributed by atoms with Crippen LogP contribution in [0.5, 0.6) is 0 Å². The zero-order valence-corrected chi connectivity index (χ0v) is 12.3. The molecule has 0 saturated carbocycles. The summed E-state index contributed by atoms with van der Waals surface area (Å²) in [6, 6.07) is 10.0. The van der Waals surface area contributed by atoms with Gasteiger partial charge >= 0.3 is 5.97 Å². The maximum Gasteiger partial charge on any atom is 0.309 e. The maximum atomic E-state index is 11.5. The van der Waals surface area contributed by atoms with Crippen molar-refractivity contribution in [2.75, 3.05) is 0 Å². The number of hydrogen-bond acceptors (Lipinski definition) is 1. The first-order valence-corrected chi connectivity index (χ1v) is 9.53. The highest BCUT2D eigenvalue weighted by Crippen LogP contribution is 2.42. The summed E-state index contributed by atoms with van der Waals surface area (Å²) in [5.41, 5.74) is 0.555. The lowest BCUT2D eigenvalue weighted by atomic mass is 9.85. The van der Waals surface area contributed by atoms with E-state index < -0.39 is 19.5 Å². The molecule has 1 unspecified atom stereocenters. The summed E-state index contributed by atoms with van der Waals surface area (Å²) >= 11 is 0. The Labute approximate surface area is 105 Å². The van der Waals surface area contributed by atoms with Gasteiger partial charge in [-0.15, -0.1) is 0 Å². The van der Waals surface area contributed by atoms with Crippen LogP contribution in [0.25, 0.3) is 0 Å². The van der Waals surface area contributed by atoms with E-state index in [0.717, 1.165) is 5.56 Å². The molecule has 0 aliphatic carbocycles. The van der Waals surface area contributed by atoms with Gasteiger partial charge in [0.05, 0.1) is 13.5 Å². The summed E-state index contributed by atoms with van der Waals surface area (Å²) < 4.78 is 0. The van der Waals surface area contributed by atoms with Crippen molar-refractivity contribution >= 4 is 14.0 Å². The van der Waals surface area contributed by atoms with Crippen LogP contribution in [-0.2, 0) is 4.79 Å². The van der Waals surface area contributed by atoms with Crippen LogP contribution in [0.1, 0.15) is 25.0 Å². The fraction of sp³-hybridized carbons (Fsp3) is 0.500. The van der Waals surface area contributed by atoms with Gasteiger partial charge in [0.1, 0.15) is 0 Å². The number of carboxylic acid groups (broad SMARTS) is 1. The van der Waals surface area contributed by atoms with E-state index in [-0.39, 0.29) is 5.54 Å². The zero-order valence-electron chi connectivity index (χ0n) is 11.3. The van der Waals surface area contributed by atoms with Crippen LogP contribution >= 0.6 is 0 Å². The number of rotatable bonds is 4. The second-order valence-electron chi connectivity index (χ2n) is 6.24. The van der Waals surface area contributed by atoms with Crippen molar-refractivity contribution in [2.24, 2.45) is 5.41 Å². The summed E-state index contributed by atoms with van der Waals surface area (Å²) in [5.74, 6) is -0.714. The molecule has 1 rings (SSSR count). The number of carbonyl (C=O) groups is 1. The molecule has 94 valence electrons. The summed E-state index contributed by atoms with van der Waals surface area (Å²) in [7, 11) is -1.61. The van der Waals surface area contributed by atoms with Crippen LogP contribution in [0.2, 0.25) is 19.6 Å². The molecule has 17 heavy (non-hydrogen) atoms. The first kappa shape index (κ1) is 14.0. The van der Waals surface area contributed by atoms with Gasteiger partial charge in [-0.2, -0.15) is 0 Å². The third-order valence-corrected chi connectivity index (χ3v) is 6.06. The van der Waals surface area contributed by atoms with Crippen molar-refractivity contribution in [1.29, 1.82) is 0 Å². The first-order valence-electron chi connectivity index (χ1n) is 5.95. The van der Waals surface area contributed by atoms with Gasteiger partial charge in [0.2, 0.25) is 0 Å². The van der Waals surface area contributed by atoms with Crippen LogP contribution in [0, 0.1) is 5.41 Å². The summed E-state index contributed by atoms with van der Waals surface area (Å²) in [6.07, 6.45) is 0. The lowest BCUT2D eigenvalue weighted by Crippen LogP contribution is -2.44. The van der Waals surface area contributed by atoms with E-state index in [1.54, 1.807) is 0 Å². The van der Waals surface area contributed by atoms with Gasteiger partial charge in [0.25, 0.3) is 0 Å². The molecule has 0 spiro atoms. The number of carboxylic acids is 1. The number of benzene rings is 1. The minimum Gasteiger partial charge on any atom is -0.481 e. The summed E-state index contributed by atoms with van der Waals surface area (Å²) in [4.78, 5) is 11.5. The molecule has 1 atom stereocenters. The van der Waals surface area contributed by atoms with E-state index in [9.17, 15) is 9.90 Å². The fourth-order valence-electron chi connectivity index (χ4n) is 2.77. The highest BCUT2D eigenvalue weighted by atomic mass is 28.3. The normalized spacial score (nSPS) is 14.4. The van der Waals surface area contributed by atoms with E-state index in [4.69, 9.17) is 0 Å². The minimum absolute atomic E-state index is 0.119. The Kier molecular flexibility index (Phi) is 3.82. The van der Waals surface area contributed by atoms with Crippen LogP contribution in [-0.4, -0.2) is 19.1 Å². The molecule has 1 aromatic carbocycles. The van der Waals surface area contributed by atoms with Crippen molar-refractivity contribution in [1.82, 2.24) is 0 Å². The van der Waals surface area contributed by atoms with E-state index in [2.05, 4.69) is 19.6 Å². The summed E-state index contributed by atoms with van der Waals surface area (Å²) in [5, 5.41) is 9.46. The largest absolute Gasteiger partial charge is 0.481 e. The molecule has 0 bridgehead atoms. The minimum atomic E-state index is -1.61.